The molecule has 4 N–H and O–H groups in total. The number of carbonyl (C=O) groups is 1. The van der Waals surface area contributed by atoms with Gasteiger partial charge in [-0.05, 0) is 49.1 Å². The van der Waals surface area contributed by atoms with E-state index in [-0.39, 0.29) is 5.78 Å². The second-order valence-corrected chi connectivity index (χ2v) is 5.48. The zero-order valence-corrected chi connectivity index (χ0v) is 11.4. The molecule has 1 aromatic heterocycles. The molecular weight excluding hydrogens is 250 g/mol. The SMILES string of the molecule is Cc1cnc(N)c(C(=O)C2(c3ccc(N)cc3)CC2)c1. The zero-order chi connectivity index (χ0) is 14.3. The number of hydrogen-bond donors (Lipinski definition) is 2. The van der Waals surface area contributed by atoms with Crippen molar-refractivity contribution < 1.29 is 4.79 Å². The Hall–Kier alpha value is -2.36. The third kappa shape index (κ3) is 1.93. The van der Waals surface area contributed by atoms with Gasteiger partial charge in [-0.15, -0.1) is 0 Å². The molecule has 1 aliphatic carbocycles. The monoisotopic (exact) mass is 267 g/mol. The van der Waals surface area contributed by atoms with Crippen LogP contribution in [0.4, 0.5) is 11.5 Å². The van der Waals surface area contributed by atoms with Gasteiger partial charge < -0.3 is 11.5 Å². The van der Waals surface area contributed by atoms with Gasteiger partial charge in [0.25, 0.3) is 0 Å². The van der Waals surface area contributed by atoms with Crippen LogP contribution in [0.5, 0.6) is 0 Å². The summed E-state index contributed by atoms with van der Waals surface area (Å²) in [6, 6.07) is 9.35. The molecule has 1 fully saturated rings. The first-order valence-electron chi connectivity index (χ1n) is 6.66. The maximum absolute atomic E-state index is 12.8. The van der Waals surface area contributed by atoms with Crippen molar-refractivity contribution in [2.45, 2.75) is 25.2 Å². The summed E-state index contributed by atoms with van der Waals surface area (Å²) in [6.07, 6.45) is 3.38. The molecular formula is C16H17N3O. The summed E-state index contributed by atoms with van der Waals surface area (Å²) in [5.41, 5.74) is 14.3. The van der Waals surface area contributed by atoms with E-state index in [2.05, 4.69) is 4.98 Å². The van der Waals surface area contributed by atoms with Crippen molar-refractivity contribution in [3.8, 4) is 0 Å². The molecule has 0 atom stereocenters. The van der Waals surface area contributed by atoms with Crippen molar-refractivity contribution in [3.63, 3.8) is 0 Å². The second-order valence-electron chi connectivity index (χ2n) is 5.48. The van der Waals surface area contributed by atoms with Gasteiger partial charge in [0.15, 0.2) is 5.78 Å². The Morgan fingerprint density at radius 2 is 1.85 bits per heavy atom. The van der Waals surface area contributed by atoms with Crippen LogP contribution in [-0.2, 0) is 5.41 Å². The molecule has 20 heavy (non-hydrogen) atoms. The fourth-order valence-electron chi connectivity index (χ4n) is 2.59. The van der Waals surface area contributed by atoms with E-state index in [1.165, 1.54) is 0 Å². The molecule has 0 aliphatic heterocycles. The largest absolute Gasteiger partial charge is 0.399 e. The fraction of sp³-hybridized carbons (Fsp3) is 0.250. The van der Waals surface area contributed by atoms with Crippen molar-refractivity contribution in [1.29, 1.82) is 0 Å². The topological polar surface area (TPSA) is 82.0 Å². The third-order valence-electron chi connectivity index (χ3n) is 3.95. The van der Waals surface area contributed by atoms with Gasteiger partial charge in [-0.25, -0.2) is 4.98 Å². The molecule has 0 amide bonds. The first kappa shape index (κ1) is 12.7. The lowest BCUT2D eigenvalue weighted by Crippen LogP contribution is -2.22. The smallest absolute Gasteiger partial charge is 0.177 e. The quantitative estimate of drug-likeness (QED) is 0.661. The minimum absolute atomic E-state index is 0.0657. The van der Waals surface area contributed by atoms with Crippen LogP contribution in [0, 0.1) is 6.92 Å². The van der Waals surface area contributed by atoms with E-state index in [1.807, 2.05) is 37.3 Å². The first-order valence-corrected chi connectivity index (χ1v) is 6.66. The summed E-state index contributed by atoms with van der Waals surface area (Å²) in [7, 11) is 0. The van der Waals surface area contributed by atoms with Gasteiger partial charge in [0.05, 0.1) is 11.0 Å². The van der Waals surface area contributed by atoms with Crippen molar-refractivity contribution in [2.75, 3.05) is 11.5 Å². The van der Waals surface area contributed by atoms with Crippen LogP contribution >= 0.6 is 0 Å². The Labute approximate surface area is 117 Å². The molecule has 0 spiro atoms. The highest BCUT2D eigenvalue weighted by Crippen LogP contribution is 2.51. The van der Waals surface area contributed by atoms with E-state index in [0.717, 1.165) is 24.0 Å². The summed E-state index contributed by atoms with van der Waals surface area (Å²) in [5, 5.41) is 0. The van der Waals surface area contributed by atoms with Crippen LogP contribution < -0.4 is 11.5 Å². The van der Waals surface area contributed by atoms with E-state index in [4.69, 9.17) is 11.5 Å². The van der Waals surface area contributed by atoms with Crippen molar-refractivity contribution in [3.05, 3.63) is 53.2 Å². The Morgan fingerprint density at radius 3 is 2.45 bits per heavy atom. The minimum Gasteiger partial charge on any atom is -0.399 e. The summed E-state index contributed by atoms with van der Waals surface area (Å²) in [4.78, 5) is 16.9. The molecule has 0 saturated heterocycles. The van der Waals surface area contributed by atoms with Crippen LogP contribution in [0.3, 0.4) is 0 Å². The highest BCUT2D eigenvalue weighted by atomic mass is 16.1. The zero-order valence-electron chi connectivity index (χ0n) is 11.4. The van der Waals surface area contributed by atoms with Crippen LogP contribution in [-0.4, -0.2) is 10.8 Å². The van der Waals surface area contributed by atoms with Crippen LogP contribution in [0.15, 0.2) is 36.5 Å². The average molecular weight is 267 g/mol. The minimum atomic E-state index is -0.433. The summed E-state index contributed by atoms with van der Waals surface area (Å²) >= 11 is 0. The highest BCUT2D eigenvalue weighted by Gasteiger charge is 2.51. The van der Waals surface area contributed by atoms with Gasteiger partial charge in [-0.3, -0.25) is 4.79 Å². The number of rotatable bonds is 3. The number of ketones is 1. The van der Waals surface area contributed by atoms with Crippen LogP contribution in [0.1, 0.15) is 34.3 Å². The first-order chi connectivity index (χ1) is 9.53. The molecule has 0 radical (unpaired) electrons. The summed E-state index contributed by atoms with van der Waals surface area (Å²) in [6.45, 7) is 1.91. The number of nitrogens with zero attached hydrogens (tertiary/aromatic N) is 1. The lowest BCUT2D eigenvalue weighted by atomic mass is 9.87. The normalized spacial score (nSPS) is 15.8. The predicted octanol–water partition coefficient (Wildman–Crippen LogP) is 2.47. The number of anilines is 2. The number of hydrogen-bond acceptors (Lipinski definition) is 4. The van der Waals surface area contributed by atoms with E-state index in [1.54, 1.807) is 6.20 Å². The van der Waals surface area contributed by atoms with Gasteiger partial charge in [-0.2, -0.15) is 0 Å². The number of pyridine rings is 1. The summed E-state index contributed by atoms with van der Waals surface area (Å²) < 4.78 is 0. The standard InChI is InChI=1S/C16H17N3O/c1-10-8-13(15(18)19-9-10)14(20)16(6-7-16)11-2-4-12(17)5-3-11/h2-5,8-9H,6-7,17H2,1H3,(H2,18,19). The molecule has 0 bridgehead atoms. The third-order valence-corrected chi connectivity index (χ3v) is 3.95. The van der Waals surface area contributed by atoms with Gasteiger partial charge in [0.1, 0.15) is 5.82 Å². The van der Waals surface area contributed by atoms with Gasteiger partial charge in [-0.1, -0.05) is 12.1 Å². The van der Waals surface area contributed by atoms with Crippen molar-refractivity contribution in [1.82, 2.24) is 4.98 Å². The van der Waals surface area contributed by atoms with E-state index < -0.39 is 5.41 Å². The van der Waals surface area contributed by atoms with E-state index in [0.29, 0.717) is 17.1 Å². The van der Waals surface area contributed by atoms with E-state index in [9.17, 15) is 4.79 Å². The molecule has 4 nitrogen and oxygen atoms in total. The number of Topliss-reactive ketones (excluding diaryl/α,β-unsaturated/α-hetero) is 1. The number of aryl methyl sites for hydroxylation is 1. The maximum atomic E-state index is 12.8. The Morgan fingerprint density at radius 1 is 1.20 bits per heavy atom. The Balaban J connectivity index is 2.01. The van der Waals surface area contributed by atoms with Crippen molar-refractivity contribution in [2.24, 2.45) is 0 Å². The predicted molar refractivity (Wildman–Crippen MR) is 79.5 cm³/mol. The molecule has 4 heteroatoms. The van der Waals surface area contributed by atoms with Gasteiger partial charge >= 0.3 is 0 Å². The second kappa shape index (κ2) is 4.34. The molecule has 3 rings (SSSR count). The molecule has 1 aliphatic rings. The molecule has 2 aromatic rings. The molecule has 0 unspecified atom stereocenters. The van der Waals surface area contributed by atoms with Gasteiger partial charge in [0.2, 0.25) is 0 Å². The number of benzene rings is 1. The molecule has 1 heterocycles. The van der Waals surface area contributed by atoms with Crippen LogP contribution in [0.2, 0.25) is 0 Å². The number of nitrogens with two attached hydrogens (primary N) is 2. The summed E-state index contributed by atoms with van der Waals surface area (Å²) in [5.74, 6) is 0.373. The van der Waals surface area contributed by atoms with Gasteiger partial charge in [0, 0.05) is 11.9 Å². The Kier molecular flexibility index (Phi) is 2.74. The average Bonchev–Trinajstić information content (AvgIpc) is 3.23. The lowest BCUT2D eigenvalue weighted by Gasteiger charge is -2.16. The number of carbonyl (C=O) groups excluding carboxylic acids is 1. The van der Waals surface area contributed by atoms with Crippen molar-refractivity contribution >= 4 is 17.3 Å². The lowest BCUT2D eigenvalue weighted by molar-refractivity contribution is 0.0946. The molecule has 102 valence electrons. The number of aromatic nitrogens is 1. The Bertz CT molecular complexity index is 673. The highest BCUT2D eigenvalue weighted by molar-refractivity contribution is 6.09. The fourth-order valence-corrected chi connectivity index (χ4v) is 2.59. The number of nitrogen functional groups attached to an aromatic ring is 2. The maximum Gasteiger partial charge on any atom is 0.177 e. The van der Waals surface area contributed by atoms with Crippen LogP contribution in [0.25, 0.3) is 0 Å². The van der Waals surface area contributed by atoms with E-state index >= 15 is 0 Å². The molecule has 1 saturated carbocycles. The molecule has 1 aromatic carbocycles.